The van der Waals surface area contributed by atoms with Crippen molar-refractivity contribution in [1.29, 1.82) is 5.41 Å². The number of hydrogen-bond acceptors (Lipinski definition) is 7. The Morgan fingerprint density at radius 2 is 1.71 bits per heavy atom. The first-order valence-electron chi connectivity index (χ1n) is 12.4. The van der Waals surface area contributed by atoms with Crippen molar-refractivity contribution in [3.63, 3.8) is 0 Å². The SMILES string of the molecule is Cc1ccc(Cn2c(NCc3c(C)cc(C)n(O)c3=N)nc(=O)n(Cc3ccc4c(c3)CCO4)c2=O)cc1. The zero-order valence-corrected chi connectivity index (χ0v) is 21.6. The normalized spacial score (nSPS) is 12.3. The van der Waals surface area contributed by atoms with Gasteiger partial charge in [-0.05, 0) is 55.2 Å². The van der Waals surface area contributed by atoms with Gasteiger partial charge in [-0.15, -0.1) is 0 Å². The van der Waals surface area contributed by atoms with Gasteiger partial charge >= 0.3 is 11.4 Å². The minimum Gasteiger partial charge on any atom is -0.493 e. The van der Waals surface area contributed by atoms with E-state index in [0.717, 1.165) is 49.3 Å². The number of fused-ring (bicyclic) bond motifs is 1. The van der Waals surface area contributed by atoms with Crippen LogP contribution in [0.2, 0.25) is 0 Å². The summed E-state index contributed by atoms with van der Waals surface area (Å²) in [6.07, 6.45) is 0.793. The summed E-state index contributed by atoms with van der Waals surface area (Å²) < 4.78 is 8.94. The van der Waals surface area contributed by atoms with Gasteiger partial charge in [0, 0.05) is 18.5 Å². The van der Waals surface area contributed by atoms with Crippen molar-refractivity contribution >= 4 is 5.95 Å². The molecule has 0 unspecified atom stereocenters. The minimum atomic E-state index is -0.668. The molecule has 0 spiro atoms. The number of aromatic nitrogens is 4. The summed E-state index contributed by atoms with van der Waals surface area (Å²) >= 11 is 0. The van der Waals surface area contributed by atoms with E-state index >= 15 is 0 Å². The van der Waals surface area contributed by atoms with E-state index in [0.29, 0.717) is 17.9 Å². The van der Waals surface area contributed by atoms with E-state index in [1.54, 1.807) is 13.0 Å². The average Bonchev–Trinajstić information content (AvgIpc) is 3.36. The van der Waals surface area contributed by atoms with Crippen LogP contribution in [-0.4, -0.2) is 30.7 Å². The lowest BCUT2D eigenvalue weighted by atomic mass is 10.1. The molecule has 0 aliphatic carbocycles. The second-order valence-corrected chi connectivity index (χ2v) is 9.66. The highest BCUT2D eigenvalue weighted by atomic mass is 16.5. The molecule has 5 rings (SSSR count). The van der Waals surface area contributed by atoms with Crippen LogP contribution >= 0.6 is 0 Å². The molecule has 3 heterocycles. The maximum Gasteiger partial charge on any atom is 0.355 e. The molecular formula is C28H30N6O4. The van der Waals surface area contributed by atoms with Crippen LogP contribution in [0.15, 0.2) is 58.1 Å². The molecule has 0 fully saturated rings. The van der Waals surface area contributed by atoms with E-state index in [9.17, 15) is 14.8 Å². The van der Waals surface area contributed by atoms with Crippen molar-refractivity contribution < 1.29 is 9.94 Å². The lowest BCUT2D eigenvalue weighted by Gasteiger charge is -2.17. The van der Waals surface area contributed by atoms with E-state index in [-0.39, 0.29) is 31.1 Å². The molecule has 10 nitrogen and oxygen atoms in total. The third-order valence-electron chi connectivity index (χ3n) is 6.86. The molecule has 0 amide bonds. The molecule has 0 saturated carbocycles. The summed E-state index contributed by atoms with van der Waals surface area (Å²) in [5.74, 6) is 0.933. The summed E-state index contributed by atoms with van der Waals surface area (Å²) in [5, 5.41) is 21.5. The highest BCUT2D eigenvalue weighted by molar-refractivity contribution is 5.40. The van der Waals surface area contributed by atoms with Gasteiger partial charge in [0.1, 0.15) is 5.75 Å². The van der Waals surface area contributed by atoms with Crippen LogP contribution in [0.25, 0.3) is 0 Å². The van der Waals surface area contributed by atoms with Crippen molar-refractivity contribution in [2.75, 3.05) is 11.9 Å². The molecule has 0 radical (unpaired) electrons. The fraction of sp³-hybridized carbons (Fsp3) is 0.286. The van der Waals surface area contributed by atoms with E-state index < -0.39 is 11.4 Å². The highest BCUT2D eigenvalue weighted by Crippen LogP contribution is 2.26. The fourth-order valence-corrected chi connectivity index (χ4v) is 4.68. The van der Waals surface area contributed by atoms with Crippen LogP contribution in [0.3, 0.4) is 0 Å². The van der Waals surface area contributed by atoms with Crippen molar-refractivity contribution in [2.24, 2.45) is 0 Å². The Morgan fingerprint density at radius 1 is 1.00 bits per heavy atom. The molecule has 0 saturated heterocycles. The number of ether oxygens (including phenoxy) is 1. The Kier molecular flexibility index (Phi) is 6.62. The molecule has 0 atom stereocenters. The number of nitrogens with one attached hydrogen (secondary N) is 2. The Bertz CT molecular complexity index is 1700. The number of benzene rings is 2. The summed E-state index contributed by atoms with van der Waals surface area (Å²) in [6.45, 7) is 6.55. The molecule has 10 heteroatoms. The second kappa shape index (κ2) is 10.0. The standard InChI is InChI=1S/C28H30N6O4/c1-17-4-6-20(7-5-17)15-32-26(30-14-23-18(2)12-19(3)34(37)25(23)29)31-27(35)33(28(32)36)16-21-8-9-24-22(13-21)10-11-38-24/h4-9,12-13,29,37H,10-11,14-16H2,1-3H3,(H,30,31,35). The van der Waals surface area contributed by atoms with Crippen molar-refractivity contribution in [3.05, 3.63) is 114 Å². The molecule has 38 heavy (non-hydrogen) atoms. The Labute approximate surface area is 218 Å². The molecule has 4 aromatic rings. The number of rotatable bonds is 7. The Balaban J connectivity index is 1.54. The molecule has 2 aromatic carbocycles. The lowest BCUT2D eigenvalue weighted by molar-refractivity contribution is 0.162. The fourth-order valence-electron chi connectivity index (χ4n) is 4.68. The van der Waals surface area contributed by atoms with Crippen molar-refractivity contribution in [1.82, 2.24) is 18.8 Å². The maximum absolute atomic E-state index is 13.7. The smallest absolute Gasteiger partial charge is 0.355 e. The predicted octanol–water partition coefficient (Wildman–Crippen LogP) is 2.49. The van der Waals surface area contributed by atoms with E-state index in [2.05, 4.69) is 10.3 Å². The minimum absolute atomic E-state index is 0.0728. The van der Waals surface area contributed by atoms with Crippen LogP contribution in [0.5, 0.6) is 5.75 Å². The summed E-state index contributed by atoms with van der Waals surface area (Å²) in [5.41, 5.74) is 4.48. The van der Waals surface area contributed by atoms with E-state index in [1.807, 2.05) is 56.3 Å². The van der Waals surface area contributed by atoms with Crippen molar-refractivity contribution in [3.8, 4) is 5.75 Å². The van der Waals surface area contributed by atoms with Gasteiger partial charge < -0.3 is 15.3 Å². The first kappa shape index (κ1) is 25.1. The second-order valence-electron chi connectivity index (χ2n) is 9.66. The molecule has 2 aromatic heterocycles. The number of anilines is 1. The van der Waals surface area contributed by atoms with Gasteiger partial charge in [-0.1, -0.05) is 42.0 Å². The van der Waals surface area contributed by atoms with Gasteiger partial charge in [0.2, 0.25) is 5.95 Å². The van der Waals surface area contributed by atoms with Gasteiger partial charge in [0.25, 0.3) is 0 Å². The largest absolute Gasteiger partial charge is 0.493 e. The molecular weight excluding hydrogens is 484 g/mol. The average molecular weight is 515 g/mol. The molecule has 1 aliphatic rings. The molecule has 1 aliphatic heterocycles. The zero-order valence-electron chi connectivity index (χ0n) is 21.6. The molecule has 3 N–H and O–H groups in total. The Hall–Kier alpha value is -4.60. The van der Waals surface area contributed by atoms with Crippen LogP contribution in [0, 0.1) is 26.2 Å². The molecule has 196 valence electrons. The van der Waals surface area contributed by atoms with Crippen LogP contribution in [-0.2, 0) is 26.1 Å². The third-order valence-corrected chi connectivity index (χ3v) is 6.86. The Morgan fingerprint density at radius 3 is 2.47 bits per heavy atom. The lowest BCUT2D eigenvalue weighted by Crippen LogP contribution is -2.43. The summed E-state index contributed by atoms with van der Waals surface area (Å²) in [7, 11) is 0. The predicted molar refractivity (Wildman–Crippen MR) is 142 cm³/mol. The number of hydrogen-bond donors (Lipinski definition) is 3. The monoisotopic (exact) mass is 514 g/mol. The van der Waals surface area contributed by atoms with Gasteiger partial charge in [-0.2, -0.15) is 9.71 Å². The quantitative estimate of drug-likeness (QED) is 0.325. The molecule has 0 bridgehead atoms. The summed E-state index contributed by atoms with van der Waals surface area (Å²) in [6, 6.07) is 15.2. The van der Waals surface area contributed by atoms with E-state index in [1.165, 1.54) is 4.57 Å². The van der Waals surface area contributed by atoms with Crippen LogP contribution < -0.4 is 26.9 Å². The van der Waals surface area contributed by atoms with Crippen LogP contribution in [0.1, 0.15) is 39.1 Å². The maximum atomic E-state index is 13.7. The number of aryl methyl sites for hydroxylation is 3. The van der Waals surface area contributed by atoms with E-state index in [4.69, 9.17) is 10.1 Å². The first-order chi connectivity index (χ1) is 18.2. The number of pyridine rings is 1. The van der Waals surface area contributed by atoms with Crippen molar-refractivity contribution in [2.45, 2.75) is 46.8 Å². The zero-order chi connectivity index (χ0) is 27.0. The summed E-state index contributed by atoms with van der Waals surface area (Å²) in [4.78, 5) is 31.0. The third kappa shape index (κ3) is 4.84. The van der Waals surface area contributed by atoms with Gasteiger partial charge in [0.05, 0.1) is 25.4 Å². The highest BCUT2D eigenvalue weighted by Gasteiger charge is 2.17. The van der Waals surface area contributed by atoms with Gasteiger partial charge in [0.15, 0.2) is 5.49 Å². The first-order valence-corrected chi connectivity index (χ1v) is 12.4. The van der Waals surface area contributed by atoms with Gasteiger partial charge in [-0.25, -0.2) is 14.2 Å². The van der Waals surface area contributed by atoms with Crippen LogP contribution in [0.4, 0.5) is 5.95 Å². The number of nitrogens with zero attached hydrogens (tertiary/aromatic N) is 4. The van der Waals surface area contributed by atoms with Gasteiger partial charge in [-0.3, -0.25) is 9.98 Å². The topological polar surface area (TPSA) is 127 Å².